The Morgan fingerprint density at radius 3 is 2.75 bits per heavy atom. The first-order valence-corrected chi connectivity index (χ1v) is 10.3. The van der Waals surface area contributed by atoms with Gasteiger partial charge in [-0.2, -0.15) is 0 Å². The van der Waals surface area contributed by atoms with Crippen LogP contribution in [0.25, 0.3) is 0 Å². The molecule has 4 rings (SSSR count). The fourth-order valence-corrected chi connectivity index (χ4v) is 4.47. The van der Waals surface area contributed by atoms with Gasteiger partial charge in [0.15, 0.2) is 5.16 Å². The summed E-state index contributed by atoms with van der Waals surface area (Å²) < 4.78 is 1.60. The molecule has 3 aromatic rings. The number of carbonyl (C=O) groups excluding carboxylic acids is 1. The zero-order valence-corrected chi connectivity index (χ0v) is 16.5. The smallest absolute Gasteiger partial charge is 0.308 e. The molecule has 2 heterocycles. The average Bonchev–Trinajstić information content (AvgIpc) is 3.24. The number of carbonyl (C=O) groups is 1. The van der Waals surface area contributed by atoms with Crippen molar-refractivity contribution in [2.75, 3.05) is 10.7 Å². The molecule has 0 saturated heterocycles. The molecule has 0 saturated carbocycles. The van der Waals surface area contributed by atoms with Gasteiger partial charge in [0.25, 0.3) is 0 Å². The lowest BCUT2D eigenvalue weighted by molar-refractivity contribution is -0.116. The fourth-order valence-electron chi connectivity index (χ4n) is 3.64. The molecule has 1 N–H and O–H groups in total. The highest BCUT2D eigenvalue weighted by Crippen LogP contribution is 2.32. The van der Waals surface area contributed by atoms with Crippen molar-refractivity contribution in [1.29, 1.82) is 0 Å². The lowest BCUT2D eigenvalue weighted by Crippen LogP contribution is -2.37. The molecule has 28 heavy (non-hydrogen) atoms. The molecule has 0 aliphatic carbocycles. The molecule has 0 radical (unpaired) electrons. The van der Waals surface area contributed by atoms with Gasteiger partial charge in [0.1, 0.15) is 0 Å². The van der Waals surface area contributed by atoms with Gasteiger partial charge >= 0.3 is 5.69 Å². The molecule has 144 valence electrons. The van der Waals surface area contributed by atoms with Crippen molar-refractivity contribution >= 4 is 23.4 Å². The summed E-state index contributed by atoms with van der Waals surface area (Å²) in [5, 5.41) is 7.16. The third-order valence-electron chi connectivity index (χ3n) is 4.99. The Morgan fingerprint density at radius 1 is 1.18 bits per heavy atom. The van der Waals surface area contributed by atoms with E-state index in [-0.39, 0.29) is 23.4 Å². The molecule has 0 fully saturated rings. The summed E-state index contributed by atoms with van der Waals surface area (Å²) >= 11 is 1.30. The number of fused-ring (bicyclic) bond motifs is 1. The summed E-state index contributed by atoms with van der Waals surface area (Å²) in [5.41, 5.74) is 3.10. The zero-order valence-electron chi connectivity index (χ0n) is 15.7. The summed E-state index contributed by atoms with van der Waals surface area (Å²) in [4.78, 5) is 26.8. The van der Waals surface area contributed by atoms with Crippen molar-refractivity contribution in [3.63, 3.8) is 0 Å². The van der Waals surface area contributed by atoms with Gasteiger partial charge < -0.3 is 4.90 Å². The van der Waals surface area contributed by atoms with E-state index in [4.69, 9.17) is 0 Å². The molecule has 0 spiro atoms. The standard InChI is InChI=1S/C21H22N4O2S/c1-15-13-17-9-5-6-10-18(17)25(15)19(26)14-28-21-23-22-20(27)24(21)12-11-16-7-3-2-4-8-16/h2-10,15H,11-14H2,1H3,(H,22,27)/t15-/m0/s1. The number of aromatic nitrogens is 3. The minimum absolute atomic E-state index is 0.0347. The Kier molecular flexibility index (Phi) is 5.34. The van der Waals surface area contributed by atoms with Gasteiger partial charge in [-0.3, -0.25) is 9.36 Å². The van der Waals surface area contributed by atoms with Crippen LogP contribution >= 0.6 is 11.8 Å². The largest absolute Gasteiger partial charge is 0.343 e. The van der Waals surface area contributed by atoms with Gasteiger partial charge in [-0.05, 0) is 37.0 Å². The van der Waals surface area contributed by atoms with Crippen molar-refractivity contribution in [2.24, 2.45) is 0 Å². The number of nitrogens with one attached hydrogen (secondary N) is 1. The normalized spacial score (nSPS) is 15.6. The van der Waals surface area contributed by atoms with Gasteiger partial charge in [0.2, 0.25) is 5.91 Å². The molecule has 1 amide bonds. The number of rotatable bonds is 6. The number of aryl methyl sites for hydroxylation is 1. The lowest BCUT2D eigenvalue weighted by Gasteiger charge is -2.22. The first kappa shape index (κ1) is 18.6. The number of anilines is 1. The molecule has 0 unspecified atom stereocenters. The van der Waals surface area contributed by atoms with Gasteiger partial charge in [-0.15, -0.1) is 5.10 Å². The van der Waals surface area contributed by atoms with Gasteiger partial charge in [-0.25, -0.2) is 9.89 Å². The summed E-state index contributed by atoms with van der Waals surface area (Å²) in [6, 6.07) is 18.2. The van der Waals surface area contributed by atoms with Gasteiger partial charge in [-0.1, -0.05) is 60.3 Å². The van der Waals surface area contributed by atoms with Gasteiger partial charge in [0.05, 0.1) is 5.75 Å². The molecule has 1 aromatic heterocycles. The number of amides is 1. The van der Waals surface area contributed by atoms with E-state index < -0.39 is 0 Å². The van der Waals surface area contributed by atoms with Crippen LogP contribution in [0.4, 0.5) is 5.69 Å². The quantitative estimate of drug-likeness (QED) is 0.653. The Balaban J connectivity index is 1.43. The number of H-pyrrole nitrogens is 1. The van der Waals surface area contributed by atoms with Crippen LogP contribution in [-0.4, -0.2) is 32.5 Å². The maximum atomic E-state index is 12.9. The second kappa shape index (κ2) is 8.06. The second-order valence-electron chi connectivity index (χ2n) is 6.93. The van der Waals surface area contributed by atoms with Crippen LogP contribution < -0.4 is 10.6 Å². The van der Waals surface area contributed by atoms with Crippen LogP contribution in [0.5, 0.6) is 0 Å². The number of hydrogen-bond donors (Lipinski definition) is 1. The molecule has 1 aliphatic heterocycles. The van der Waals surface area contributed by atoms with Crippen LogP contribution in [-0.2, 0) is 24.2 Å². The molecule has 2 aromatic carbocycles. The van der Waals surface area contributed by atoms with E-state index in [9.17, 15) is 9.59 Å². The molecule has 6 nitrogen and oxygen atoms in total. The molecule has 0 bridgehead atoms. The van der Waals surface area contributed by atoms with E-state index >= 15 is 0 Å². The molecular formula is C21H22N4O2S. The van der Waals surface area contributed by atoms with Crippen LogP contribution in [0.2, 0.25) is 0 Å². The van der Waals surface area contributed by atoms with E-state index in [2.05, 4.69) is 23.2 Å². The highest BCUT2D eigenvalue weighted by Gasteiger charge is 2.30. The lowest BCUT2D eigenvalue weighted by atomic mass is 10.1. The number of para-hydroxylation sites is 1. The van der Waals surface area contributed by atoms with E-state index in [1.54, 1.807) is 4.57 Å². The van der Waals surface area contributed by atoms with Crippen molar-refractivity contribution in [2.45, 2.75) is 37.5 Å². The van der Waals surface area contributed by atoms with E-state index in [0.29, 0.717) is 11.7 Å². The predicted octanol–water partition coefficient (Wildman–Crippen LogP) is 2.88. The number of hydrogen-bond acceptors (Lipinski definition) is 4. The van der Waals surface area contributed by atoms with Crippen LogP contribution in [0, 0.1) is 0 Å². The van der Waals surface area contributed by atoms with Crippen molar-refractivity contribution in [1.82, 2.24) is 14.8 Å². The third-order valence-corrected chi connectivity index (χ3v) is 5.95. The van der Waals surface area contributed by atoms with E-state index in [0.717, 1.165) is 24.1 Å². The SMILES string of the molecule is C[C@H]1Cc2ccccc2N1C(=O)CSc1n[nH]c(=O)n1CCc1ccccc1. The monoisotopic (exact) mass is 394 g/mol. The fraction of sp³-hybridized carbons (Fsp3) is 0.286. The summed E-state index contributed by atoms with van der Waals surface area (Å²) in [6.45, 7) is 2.59. The van der Waals surface area contributed by atoms with Crippen molar-refractivity contribution in [3.05, 3.63) is 76.2 Å². The molecule has 1 atom stereocenters. The minimum atomic E-state index is -0.245. The Hall–Kier alpha value is -2.80. The number of aromatic amines is 1. The summed E-state index contributed by atoms with van der Waals surface area (Å²) in [5.74, 6) is 0.279. The average molecular weight is 395 g/mol. The maximum absolute atomic E-state index is 12.9. The molecule has 7 heteroatoms. The van der Waals surface area contributed by atoms with E-state index in [1.165, 1.54) is 17.3 Å². The summed E-state index contributed by atoms with van der Waals surface area (Å²) in [7, 11) is 0. The highest BCUT2D eigenvalue weighted by molar-refractivity contribution is 7.99. The Morgan fingerprint density at radius 2 is 1.93 bits per heavy atom. The minimum Gasteiger partial charge on any atom is -0.308 e. The van der Waals surface area contributed by atoms with Crippen LogP contribution in [0.15, 0.2) is 64.5 Å². The second-order valence-corrected chi connectivity index (χ2v) is 7.88. The van der Waals surface area contributed by atoms with Gasteiger partial charge in [0, 0.05) is 18.3 Å². The van der Waals surface area contributed by atoms with E-state index in [1.807, 2.05) is 53.4 Å². The topological polar surface area (TPSA) is 71.0 Å². The van der Waals surface area contributed by atoms with Crippen LogP contribution in [0.1, 0.15) is 18.1 Å². The van der Waals surface area contributed by atoms with Crippen molar-refractivity contribution < 1.29 is 4.79 Å². The van der Waals surface area contributed by atoms with Crippen LogP contribution in [0.3, 0.4) is 0 Å². The zero-order chi connectivity index (χ0) is 19.5. The Labute approximate surface area is 167 Å². The molecular weight excluding hydrogens is 372 g/mol. The Bertz CT molecular complexity index is 1030. The van der Waals surface area contributed by atoms with Crippen molar-refractivity contribution in [3.8, 4) is 0 Å². The number of thioether (sulfide) groups is 1. The highest BCUT2D eigenvalue weighted by atomic mass is 32.2. The molecule has 1 aliphatic rings. The number of benzene rings is 2. The first-order valence-electron chi connectivity index (χ1n) is 9.35. The number of nitrogens with zero attached hydrogens (tertiary/aromatic N) is 3. The predicted molar refractivity (Wildman–Crippen MR) is 111 cm³/mol. The first-order chi connectivity index (χ1) is 13.6. The summed E-state index contributed by atoms with van der Waals surface area (Å²) in [6.07, 6.45) is 1.61. The third kappa shape index (κ3) is 3.75. The maximum Gasteiger partial charge on any atom is 0.343 e.